The third-order valence-electron chi connectivity index (χ3n) is 3.58. The second kappa shape index (κ2) is 15.0. The number of hydrogen-bond acceptors (Lipinski definition) is 3. The van der Waals surface area contributed by atoms with Gasteiger partial charge in [0.2, 0.25) is 0 Å². The van der Waals surface area contributed by atoms with Crippen LogP contribution in [0.25, 0.3) is 0 Å². The van der Waals surface area contributed by atoms with E-state index in [4.69, 9.17) is 15.9 Å². The normalized spacial score (nSPS) is 10.6. The van der Waals surface area contributed by atoms with Gasteiger partial charge in [-0.25, -0.2) is 9.18 Å². The molecule has 0 aliphatic carbocycles. The number of allylic oxidation sites excluding steroid dienone is 1. The number of phenols is 1. The molecule has 0 fully saturated rings. The first-order valence-electron chi connectivity index (χ1n) is 9.27. The molecule has 0 spiro atoms. The van der Waals surface area contributed by atoms with Crippen LogP contribution in [0, 0.1) is 5.82 Å². The molecular weight excluding hydrogens is 402 g/mol. The predicted octanol–water partition coefficient (Wildman–Crippen LogP) is 5.56. The summed E-state index contributed by atoms with van der Waals surface area (Å²) in [7, 11) is 0. The summed E-state index contributed by atoms with van der Waals surface area (Å²) in [6.45, 7) is 2.49. The average Bonchev–Trinajstić information content (AvgIpc) is 2.66. The topological polar surface area (TPSA) is 83.5 Å². The molecule has 0 aliphatic heterocycles. The zero-order valence-corrected chi connectivity index (χ0v) is 16.7. The van der Waals surface area contributed by atoms with Crippen molar-refractivity contribution in [1.82, 2.24) is 0 Å². The Kier molecular flexibility index (Phi) is 13.6. The molecule has 0 unspecified atom stereocenters. The molecule has 166 valence electrons. The van der Waals surface area contributed by atoms with Crippen LogP contribution in [0.4, 0.5) is 17.6 Å². The van der Waals surface area contributed by atoms with Crippen molar-refractivity contribution in [1.29, 1.82) is 0 Å². The number of carboxylic acid groups (broad SMARTS) is 1. The highest BCUT2D eigenvalue weighted by Crippen LogP contribution is 2.32. The summed E-state index contributed by atoms with van der Waals surface area (Å²) in [6.07, 6.45) is 2.72. The molecule has 4 nitrogen and oxygen atoms in total. The molecular formula is C22H27F4NO3. The Balaban J connectivity index is 0.000000447. The largest absolute Gasteiger partial charge is 0.508 e. The molecule has 0 radical (unpaired) electrons. The summed E-state index contributed by atoms with van der Waals surface area (Å²) >= 11 is 0. The molecule has 0 amide bonds. The van der Waals surface area contributed by atoms with Gasteiger partial charge in [0.1, 0.15) is 11.6 Å². The van der Waals surface area contributed by atoms with E-state index in [1.54, 1.807) is 6.92 Å². The fraction of sp³-hybridized carbons (Fsp3) is 0.318. The minimum absolute atomic E-state index is 0.419. The molecule has 0 atom stereocenters. The number of unbranched alkanes of at least 4 members (excludes halogenated alkanes) is 2. The van der Waals surface area contributed by atoms with Gasteiger partial charge < -0.3 is 15.9 Å². The number of phenolic OH excluding ortho intramolecular Hbond substituents is 1. The quantitative estimate of drug-likeness (QED) is 0.319. The number of carbonyl (C=O) groups is 1. The molecule has 2 aromatic carbocycles. The Bertz CT molecular complexity index is 763. The summed E-state index contributed by atoms with van der Waals surface area (Å²) in [6, 6.07) is 12.3. The van der Waals surface area contributed by atoms with E-state index >= 15 is 0 Å². The van der Waals surface area contributed by atoms with Gasteiger partial charge in [0.05, 0.1) is 5.56 Å². The van der Waals surface area contributed by atoms with Gasteiger partial charge in [-0.2, -0.15) is 13.2 Å². The molecule has 0 bridgehead atoms. The Hall–Kier alpha value is -2.87. The molecule has 0 saturated carbocycles. The van der Waals surface area contributed by atoms with Crippen molar-refractivity contribution in [2.45, 2.75) is 38.8 Å². The summed E-state index contributed by atoms with van der Waals surface area (Å²) in [5, 5.41) is 16.4. The smallest absolute Gasteiger partial charge is 0.419 e. The molecule has 2 aromatic rings. The van der Waals surface area contributed by atoms with Gasteiger partial charge in [-0.3, -0.25) is 0 Å². The maximum absolute atomic E-state index is 12.5. The Labute approximate surface area is 173 Å². The lowest BCUT2D eigenvalue weighted by Gasteiger charge is -2.06. The van der Waals surface area contributed by atoms with Crippen LogP contribution < -0.4 is 5.73 Å². The van der Waals surface area contributed by atoms with Gasteiger partial charge in [0, 0.05) is 12.1 Å². The lowest BCUT2D eigenvalue weighted by molar-refractivity contribution is -0.140. The number of aliphatic carboxylic acids is 1. The first-order chi connectivity index (χ1) is 14.1. The van der Waals surface area contributed by atoms with Crippen molar-refractivity contribution in [2.75, 3.05) is 6.54 Å². The number of rotatable bonds is 6. The van der Waals surface area contributed by atoms with Crippen LogP contribution in [0.2, 0.25) is 0 Å². The highest BCUT2D eigenvalue weighted by molar-refractivity contribution is 5.79. The number of aryl methyl sites for hydroxylation is 1. The molecule has 8 heteroatoms. The fourth-order valence-corrected chi connectivity index (χ4v) is 2.17. The van der Waals surface area contributed by atoms with E-state index in [1.807, 2.05) is 0 Å². The van der Waals surface area contributed by atoms with Gasteiger partial charge in [-0.15, -0.1) is 0 Å². The minimum Gasteiger partial charge on any atom is -0.508 e. The Morgan fingerprint density at radius 1 is 1.07 bits per heavy atom. The van der Waals surface area contributed by atoms with E-state index < -0.39 is 29.3 Å². The number of alkyl halides is 3. The van der Waals surface area contributed by atoms with Crippen LogP contribution in [-0.4, -0.2) is 22.7 Å². The van der Waals surface area contributed by atoms with Gasteiger partial charge in [0.25, 0.3) is 0 Å². The van der Waals surface area contributed by atoms with E-state index in [0.29, 0.717) is 12.1 Å². The fourth-order valence-electron chi connectivity index (χ4n) is 2.17. The third-order valence-corrected chi connectivity index (χ3v) is 3.58. The van der Waals surface area contributed by atoms with Crippen molar-refractivity contribution in [3.05, 3.63) is 77.6 Å². The zero-order valence-electron chi connectivity index (χ0n) is 16.7. The van der Waals surface area contributed by atoms with E-state index in [9.17, 15) is 22.4 Å². The van der Waals surface area contributed by atoms with Gasteiger partial charge in [-0.05, 0) is 50.4 Å². The number of nitrogens with two attached hydrogens (primary N) is 1. The van der Waals surface area contributed by atoms with Crippen molar-refractivity contribution in [2.24, 2.45) is 5.73 Å². The number of halogens is 4. The molecule has 0 heterocycles. The lowest BCUT2D eigenvalue weighted by atomic mass is 10.1. The summed E-state index contributed by atoms with van der Waals surface area (Å²) in [5.41, 5.74) is 5.47. The molecule has 2 rings (SSSR count). The molecule has 30 heavy (non-hydrogen) atoms. The Morgan fingerprint density at radius 3 is 2.13 bits per heavy atom. The van der Waals surface area contributed by atoms with Gasteiger partial charge in [0.15, 0.2) is 0 Å². The van der Waals surface area contributed by atoms with Gasteiger partial charge >= 0.3 is 12.1 Å². The van der Waals surface area contributed by atoms with Crippen molar-refractivity contribution in [3.8, 4) is 5.75 Å². The number of hydrogen-bond donors (Lipinski definition) is 3. The van der Waals surface area contributed by atoms with Crippen LogP contribution >= 0.6 is 0 Å². The highest BCUT2D eigenvalue weighted by Gasteiger charge is 2.33. The van der Waals surface area contributed by atoms with Crippen LogP contribution in [0.3, 0.4) is 0 Å². The van der Waals surface area contributed by atoms with Crippen molar-refractivity contribution < 1.29 is 32.6 Å². The van der Waals surface area contributed by atoms with Crippen molar-refractivity contribution in [3.63, 3.8) is 0 Å². The summed E-state index contributed by atoms with van der Waals surface area (Å²) < 4.78 is 48.0. The van der Waals surface area contributed by atoms with E-state index in [-0.39, 0.29) is 0 Å². The SMILES string of the molecule is C/C=C\C(=O)O.NCCCCCc1ccccc1.Oc1ccc(C(F)(F)F)c(F)c1. The molecule has 0 aliphatic rings. The third kappa shape index (κ3) is 13.3. The van der Waals surface area contributed by atoms with E-state index in [2.05, 4.69) is 30.3 Å². The maximum atomic E-state index is 12.5. The first kappa shape index (κ1) is 27.1. The second-order valence-electron chi connectivity index (χ2n) is 6.09. The number of aromatic hydroxyl groups is 1. The standard InChI is InChI=1S/C11H17N.C7H4F4O.C4H6O2/c12-10-6-2-5-9-11-7-3-1-4-8-11;8-6-3-4(12)1-2-5(6)7(9,10)11;1-2-3-4(5)6/h1,3-4,7-8H,2,5-6,9-10,12H2;1-3,12H;2-3H,1H3,(H,5,6)/b;;3-2-. The van der Waals surface area contributed by atoms with Crippen LogP contribution in [0.1, 0.15) is 37.3 Å². The highest BCUT2D eigenvalue weighted by atomic mass is 19.4. The van der Waals surface area contributed by atoms with E-state index in [1.165, 1.54) is 30.9 Å². The summed E-state index contributed by atoms with van der Waals surface area (Å²) in [4.78, 5) is 9.51. The van der Waals surface area contributed by atoms with Crippen molar-refractivity contribution >= 4 is 5.97 Å². The number of carboxylic acids is 1. The second-order valence-corrected chi connectivity index (χ2v) is 6.09. The maximum Gasteiger partial charge on any atom is 0.419 e. The van der Waals surface area contributed by atoms with Gasteiger partial charge in [-0.1, -0.05) is 42.8 Å². The van der Waals surface area contributed by atoms with Crippen LogP contribution in [-0.2, 0) is 17.4 Å². The monoisotopic (exact) mass is 429 g/mol. The van der Waals surface area contributed by atoms with E-state index in [0.717, 1.165) is 25.1 Å². The van der Waals surface area contributed by atoms with Crippen LogP contribution in [0.5, 0.6) is 5.75 Å². The Morgan fingerprint density at radius 2 is 1.70 bits per heavy atom. The van der Waals surface area contributed by atoms with Crippen LogP contribution in [0.15, 0.2) is 60.7 Å². The molecule has 0 saturated heterocycles. The molecule has 4 N–H and O–H groups in total. The number of benzene rings is 2. The first-order valence-corrected chi connectivity index (χ1v) is 9.27. The lowest BCUT2D eigenvalue weighted by Crippen LogP contribution is -2.07. The minimum atomic E-state index is -4.71. The molecule has 0 aromatic heterocycles. The summed E-state index contributed by atoms with van der Waals surface area (Å²) in [5.74, 6) is -2.89. The zero-order chi connectivity index (χ0) is 23.0. The predicted molar refractivity (Wildman–Crippen MR) is 109 cm³/mol. The average molecular weight is 429 g/mol.